The first kappa shape index (κ1) is 22.3. The van der Waals surface area contributed by atoms with Crippen molar-refractivity contribution < 1.29 is 18.0 Å². The fraction of sp³-hybridized carbons (Fsp3) is 0.444. The van der Waals surface area contributed by atoms with E-state index in [1.165, 1.54) is 25.2 Å². The second kappa shape index (κ2) is 8.03. The Kier molecular flexibility index (Phi) is 5.96. The maximum atomic E-state index is 13.1. The summed E-state index contributed by atoms with van der Waals surface area (Å²) in [7, 11) is 0. The summed E-state index contributed by atoms with van der Waals surface area (Å²) in [5.74, 6) is -0.481. The summed E-state index contributed by atoms with van der Waals surface area (Å²) in [5, 5.41) is 3.26. The number of fused-ring (bicyclic) bond motifs is 1. The molecular weight excluding hydrogens is 443 g/mol. The lowest BCUT2D eigenvalue weighted by molar-refractivity contribution is -0.141. The summed E-state index contributed by atoms with van der Waals surface area (Å²) in [5.41, 5.74) is 0.699. The molecule has 0 aliphatic carbocycles. The number of thiophene rings is 1. The zero-order valence-corrected chi connectivity index (χ0v) is 18.2. The number of nitrogens with zero attached hydrogens (tertiary/aromatic N) is 4. The summed E-state index contributed by atoms with van der Waals surface area (Å²) in [6.45, 7) is 6.28. The van der Waals surface area contributed by atoms with Crippen molar-refractivity contribution in [2.75, 3.05) is 5.43 Å². The van der Waals surface area contributed by atoms with Gasteiger partial charge in [-0.05, 0) is 33.3 Å². The molecule has 0 unspecified atom stereocenters. The number of hydrogen-bond acceptors (Lipinski definition) is 5. The van der Waals surface area contributed by atoms with Crippen molar-refractivity contribution in [1.82, 2.24) is 19.4 Å². The van der Waals surface area contributed by atoms with Crippen LogP contribution in [0.3, 0.4) is 0 Å². The van der Waals surface area contributed by atoms with E-state index in [4.69, 9.17) is 11.6 Å². The third-order valence-corrected chi connectivity index (χ3v) is 6.14. The van der Waals surface area contributed by atoms with E-state index >= 15 is 0 Å². The first-order valence-electron chi connectivity index (χ1n) is 9.10. The van der Waals surface area contributed by atoms with Crippen LogP contribution >= 0.6 is 22.9 Å². The summed E-state index contributed by atoms with van der Waals surface area (Å²) in [6.07, 6.45) is -3.02. The Bertz CT molecular complexity index is 1180. The quantitative estimate of drug-likeness (QED) is 0.616. The molecule has 0 bridgehead atoms. The molecule has 0 fully saturated rings. The first-order valence-corrected chi connectivity index (χ1v) is 10.3. The number of rotatable bonds is 5. The summed E-state index contributed by atoms with van der Waals surface area (Å²) >= 11 is 7.17. The van der Waals surface area contributed by atoms with Gasteiger partial charge in [0.15, 0.2) is 5.69 Å². The maximum Gasteiger partial charge on any atom is 0.436 e. The Labute approximate surface area is 178 Å². The van der Waals surface area contributed by atoms with Gasteiger partial charge in [-0.15, -0.1) is 11.3 Å². The van der Waals surface area contributed by atoms with Gasteiger partial charge in [-0.1, -0.05) is 24.9 Å². The van der Waals surface area contributed by atoms with Crippen molar-refractivity contribution in [3.8, 4) is 0 Å². The Balaban J connectivity index is 1.94. The minimum absolute atomic E-state index is 0.00803. The number of hydrogen-bond donors (Lipinski definition) is 1. The molecule has 3 aromatic rings. The molecule has 0 radical (unpaired) electrons. The molecule has 12 heteroatoms. The molecule has 1 amide bonds. The lowest BCUT2D eigenvalue weighted by atomic mass is 10.2. The molecule has 0 saturated carbocycles. The Morgan fingerprint density at radius 2 is 2.03 bits per heavy atom. The summed E-state index contributed by atoms with van der Waals surface area (Å²) < 4.78 is 41.0. The van der Waals surface area contributed by atoms with Crippen LogP contribution in [0, 0.1) is 13.8 Å². The Morgan fingerprint density at radius 1 is 1.37 bits per heavy atom. The predicted molar refractivity (Wildman–Crippen MR) is 109 cm³/mol. The van der Waals surface area contributed by atoms with E-state index < -0.39 is 34.4 Å². The van der Waals surface area contributed by atoms with Gasteiger partial charge in [0, 0.05) is 4.88 Å². The molecule has 0 aliphatic rings. The molecule has 162 valence electrons. The second-order valence-corrected chi connectivity index (χ2v) is 8.32. The number of alkyl halides is 3. The normalized spacial score (nSPS) is 13.1. The van der Waals surface area contributed by atoms with Crippen molar-refractivity contribution in [3.63, 3.8) is 0 Å². The van der Waals surface area contributed by atoms with Gasteiger partial charge in [0.2, 0.25) is 0 Å². The van der Waals surface area contributed by atoms with E-state index in [0.717, 1.165) is 27.1 Å². The zero-order chi connectivity index (χ0) is 22.4. The van der Waals surface area contributed by atoms with E-state index in [2.05, 4.69) is 15.5 Å². The number of carbonyl (C=O) groups excluding carboxylic acids is 1. The Morgan fingerprint density at radius 3 is 2.60 bits per heavy atom. The number of nitrogens with one attached hydrogen (secondary N) is 1. The molecule has 0 aromatic carbocycles. The van der Waals surface area contributed by atoms with Gasteiger partial charge in [0.05, 0.1) is 16.1 Å². The van der Waals surface area contributed by atoms with Crippen molar-refractivity contribution >= 4 is 39.1 Å². The highest BCUT2D eigenvalue weighted by Crippen LogP contribution is 2.36. The molecule has 7 nitrogen and oxygen atoms in total. The zero-order valence-electron chi connectivity index (χ0n) is 16.6. The van der Waals surface area contributed by atoms with Crippen molar-refractivity contribution in [3.05, 3.63) is 43.5 Å². The molecule has 3 aromatic heterocycles. The van der Waals surface area contributed by atoms with Gasteiger partial charge < -0.3 is 0 Å². The van der Waals surface area contributed by atoms with Crippen molar-refractivity contribution in [1.29, 1.82) is 0 Å². The number of halogens is 4. The third kappa shape index (κ3) is 3.95. The van der Waals surface area contributed by atoms with Crippen LogP contribution < -0.4 is 11.0 Å². The number of carbonyl (C=O) groups is 1. The van der Waals surface area contributed by atoms with Gasteiger partial charge in [0.25, 0.3) is 11.5 Å². The molecule has 3 rings (SSSR count). The minimum Gasteiger partial charge on any atom is -0.271 e. The van der Waals surface area contributed by atoms with E-state index in [9.17, 15) is 22.8 Å². The first-order chi connectivity index (χ1) is 14.0. The van der Waals surface area contributed by atoms with Crippen LogP contribution in [0.15, 0.2) is 10.9 Å². The highest BCUT2D eigenvalue weighted by atomic mass is 35.5. The number of amides is 1. The minimum atomic E-state index is -4.75. The van der Waals surface area contributed by atoms with Crippen LogP contribution in [0.5, 0.6) is 0 Å². The van der Waals surface area contributed by atoms with E-state index in [0.29, 0.717) is 10.2 Å². The number of aryl methyl sites for hydroxylation is 2. The third-order valence-electron chi connectivity index (χ3n) is 4.59. The molecule has 1 N–H and O–H groups in total. The smallest absolute Gasteiger partial charge is 0.271 e. The molecule has 3 heterocycles. The molecule has 30 heavy (non-hydrogen) atoms. The Hall–Kier alpha value is -2.40. The van der Waals surface area contributed by atoms with Crippen LogP contribution in [-0.2, 0) is 17.4 Å². The summed E-state index contributed by atoms with van der Waals surface area (Å²) in [4.78, 5) is 31.5. The second-order valence-electron chi connectivity index (χ2n) is 6.82. The van der Waals surface area contributed by atoms with Gasteiger partial charge in [-0.25, -0.2) is 9.66 Å². The molecule has 0 spiro atoms. The van der Waals surface area contributed by atoms with Gasteiger partial charge in [-0.2, -0.15) is 18.3 Å². The monoisotopic (exact) mass is 461 g/mol. The lowest BCUT2D eigenvalue weighted by Crippen LogP contribution is -2.38. The predicted octanol–water partition coefficient (Wildman–Crippen LogP) is 4.23. The number of aromatic nitrogens is 4. The largest absolute Gasteiger partial charge is 0.436 e. The fourth-order valence-electron chi connectivity index (χ4n) is 3.00. The van der Waals surface area contributed by atoms with Crippen LogP contribution in [0.25, 0.3) is 10.2 Å². The van der Waals surface area contributed by atoms with Crippen molar-refractivity contribution in [2.24, 2.45) is 0 Å². The van der Waals surface area contributed by atoms with Gasteiger partial charge >= 0.3 is 6.18 Å². The SMILES string of the molecule is CCCc1cc2c(=O)n(NC(=O)[C@H](C)n3nc(C(F)(F)F)c(Cl)c3C)c(C)nc2s1. The van der Waals surface area contributed by atoms with E-state index in [1.807, 2.05) is 6.92 Å². The van der Waals surface area contributed by atoms with Crippen molar-refractivity contribution in [2.45, 2.75) is 52.8 Å². The van der Waals surface area contributed by atoms with Gasteiger partial charge in [0.1, 0.15) is 16.7 Å². The highest BCUT2D eigenvalue weighted by molar-refractivity contribution is 7.18. The van der Waals surface area contributed by atoms with E-state index in [-0.39, 0.29) is 11.5 Å². The highest BCUT2D eigenvalue weighted by Gasteiger charge is 2.39. The topological polar surface area (TPSA) is 81.8 Å². The molecule has 0 saturated heterocycles. The molecular formula is C18H19ClF3N5O2S. The maximum absolute atomic E-state index is 13.1. The lowest BCUT2D eigenvalue weighted by Gasteiger charge is -2.16. The molecule has 1 atom stereocenters. The van der Waals surface area contributed by atoms with E-state index in [1.54, 1.807) is 13.0 Å². The average Bonchev–Trinajstić information content (AvgIpc) is 3.19. The van der Waals surface area contributed by atoms with Crippen LogP contribution in [-0.4, -0.2) is 25.3 Å². The molecule has 0 aliphatic heterocycles. The average molecular weight is 462 g/mol. The fourth-order valence-corrected chi connectivity index (χ4v) is 4.40. The van der Waals surface area contributed by atoms with Crippen LogP contribution in [0.1, 0.15) is 48.4 Å². The standard InChI is InChI=1S/C18H19ClF3N5O2S/c1-5-6-11-7-12-16(30-11)23-10(4)27(17(12)29)25-15(28)9(3)26-8(2)13(19)14(24-26)18(20,21)22/h7,9H,5-6H2,1-4H3,(H,25,28)/t9-/m0/s1. The van der Waals surface area contributed by atoms with Crippen LogP contribution in [0.4, 0.5) is 13.2 Å². The van der Waals surface area contributed by atoms with Crippen LogP contribution in [0.2, 0.25) is 5.02 Å². The van der Waals surface area contributed by atoms with Gasteiger partial charge in [-0.3, -0.25) is 19.7 Å². The summed E-state index contributed by atoms with van der Waals surface area (Å²) in [6, 6.07) is 0.593.